The maximum Gasteiger partial charge on any atom is 0.251 e. The van der Waals surface area contributed by atoms with Gasteiger partial charge in [0.05, 0.1) is 31.0 Å². The first-order valence-electron chi connectivity index (χ1n) is 11.8. The Balaban J connectivity index is 1.38. The van der Waals surface area contributed by atoms with Crippen molar-refractivity contribution >= 4 is 5.91 Å². The minimum atomic E-state index is -0.0548. The predicted molar refractivity (Wildman–Crippen MR) is 130 cm³/mol. The van der Waals surface area contributed by atoms with Crippen molar-refractivity contribution in [2.45, 2.75) is 52.4 Å². The summed E-state index contributed by atoms with van der Waals surface area (Å²) in [4.78, 5) is 15.5. The highest BCUT2D eigenvalue weighted by atomic mass is 16.5. The summed E-state index contributed by atoms with van der Waals surface area (Å²) in [5, 5.41) is 7.77. The van der Waals surface area contributed by atoms with Crippen molar-refractivity contribution in [3.05, 3.63) is 88.7 Å². The number of morpholine rings is 1. The molecule has 6 nitrogen and oxygen atoms in total. The Bertz CT molecular complexity index is 1060. The maximum absolute atomic E-state index is 13.1. The molecule has 2 heterocycles. The van der Waals surface area contributed by atoms with E-state index in [4.69, 9.17) is 4.74 Å². The fourth-order valence-corrected chi connectivity index (χ4v) is 4.49. The van der Waals surface area contributed by atoms with Crippen LogP contribution in [0.5, 0.6) is 0 Å². The van der Waals surface area contributed by atoms with Crippen LogP contribution in [0.1, 0.15) is 46.2 Å². The molecule has 0 bridgehead atoms. The Morgan fingerprint density at radius 3 is 2.61 bits per heavy atom. The molecular formula is C27H34N4O2. The van der Waals surface area contributed by atoms with Gasteiger partial charge in [-0.2, -0.15) is 5.10 Å². The SMILES string of the molecule is CCC(NC(=O)c1cccc(Cn2nc(C)cc2C)c1)C1CN(Cc2ccccc2)CCO1. The van der Waals surface area contributed by atoms with Crippen molar-refractivity contribution in [2.24, 2.45) is 0 Å². The van der Waals surface area contributed by atoms with Crippen molar-refractivity contribution in [1.29, 1.82) is 0 Å². The maximum atomic E-state index is 13.1. The van der Waals surface area contributed by atoms with Gasteiger partial charge in [0.25, 0.3) is 5.91 Å². The molecule has 174 valence electrons. The molecule has 1 fully saturated rings. The molecule has 0 saturated carbocycles. The van der Waals surface area contributed by atoms with Crippen molar-refractivity contribution in [2.75, 3.05) is 19.7 Å². The van der Waals surface area contributed by atoms with E-state index >= 15 is 0 Å². The Morgan fingerprint density at radius 1 is 1.09 bits per heavy atom. The van der Waals surface area contributed by atoms with Gasteiger partial charge in [0.15, 0.2) is 0 Å². The first-order chi connectivity index (χ1) is 16.0. The highest BCUT2D eigenvalue weighted by Crippen LogP contribution is 2.16. The largest absolute Gasteiger partial charge is 0.373 e. The monoisotopic (exact) mass is 446 g/mol. The number of rotatable bonds is 8. The molecular weight excluding hydrogens is 412 g/mol. The average molecular weight is 447 g/mol. The highest BCUT2D eigenvalue weighted by Gasteiger charge is 2.28. The van der Waals surface area contributed by atoms with E-state index in [1.54, 1.807) is 0 Å². The topological polar surface area (TPSA) is 59.4 Å². The predicted octanol–water partition coefficient (Wildman–Crippen LogP) is 3.96. The minimum absolute atomic E-state index is 0.0192. The van der Waals surface area contributed by atoms with E-state index in [2.05, 4.69) is 52.6 Å². The van der Waals surface area contributed by atoms with E-state index in [9.17, 15) is 4.79 Å². The number of hydrogen-bond donors (Lipinski definition) is 1. The molecule has 1 aromatic heterocycles. The molecule has 2 aromatic carbocycles. The summed E-state index contributed by atoms with van der Waals surface area (Å²) in [7, 11) is 0. The normalized spacial score (nSPS) is 17.6. The summed E-state index contributed by atoms with van der Waals surface area (Å²) in [6.07, 6.45) is 0.801. The van der Waals surface area contributed by atoms with Gasteiger partial charge in [-0.3, -0.25) is 14.4 Å². The fraction of sp³-hybridized carbons (Fsp3) is 0.407. The lowest BCUT2D eigenvalue weighted by Crippen LogP contribution is -2.53. The van der Waals surface area contributed by atoms with Crippen molar-refractivity contribution in [1.82, 2.24) is 20.0 Å². The molecule has 1 amide bonds. The number of amides is 1. The fourth-order valence-electron chi connectivity index (χ4n) is 4.49. The van der Waals surface area contributed by atoms with E-state index in [1.165, 1.54) is 5.56 Å². The van der Waals surface area contributed by atoms with Crippen LogP contribution in [0, 0.1) is 13.8 Å². The van der Waals surface area contributed by atoms with E-state index in [0.29, 0.717) is 18.7 Å². The molecule has 1 N–H and O–H groups in total. The molecule has 4 rings (SSSR count). The average Bonchev–Trinajstić information content (AvgIpc) is 3.14. The van der Waals surface area contributed by atoms with E-state index in [1.807, 2.05) is 48.9 Å². The molecule has 6 heteroatoms. The van der Waals surface area contributed by atoms with Gasteiger partial charge >= 0.3 is 0 Å². The van der Waals surface area contributed by atoms with Crippen LogP contribution in [-0.4, -0.2) is 52.4 Å². The molecule has 1 saturated heterocycles. The van der Waals surface area contributed by atoms with Crippen molar-refractivity contribution in [3.8, 4) is 0 Å². The lowest BCUT2D eigenvalue weighted by molar-refractivity contribution is -0.0483. The van der Waals surface area contributed by atoms with Gasteiger partial charge in [-0.05, 0) is 49.6 Å². The summed E-state index contributed by atoms with van der Waals surface area (Å²) in [5.74, 6) is -0.0548. The van der Waals surface area contributed by atoms with Crippen LogP contribution in [0.3, 0.4) is 0 Å². The van der Waals surface area contributed by atoms with E-state index in [0.717, 1.165) is 43.0 Å². The Labute approximate surface area is 196 Å². The zero-order chi connectivity index (χ0) is 23.2. The second kappa shape index (κ2) is 10.8. The molecule has 1 aliphatic heterocycles. The third-order valence-corrected chi connectivity index (χ3v) is 6.26. The number of nitrogens with zero attached hydrogens (tertiary/aromatic N) is 3. The third-order valence-electron chi connectivity index (χ3n) is 6.26. The summed E-state index contributed by atoms with van der Waals surface area (Å²) in [6, 6.07) is 20.3. The number of aryl methyl sites for hydroxylation is 2. The number of hydrogen-bond acceptors (Lipinski definition) is 4. The molecule has 33 heavy (non-hydrogen) atoms. The summed E-state index contributed by atoms with van der Waals surface area (Å²) >= 11 is 0. The van der Waals surface area contributed by atoms with E-state index in [-0.39, 0.29) is 18.1 Å². The standard InChI is InChI=1S/C27H34N4O2/c1-4-25(26-19-30(13-14-33-26)17-22-9-6-5-7-10-22)28-27(32)24-12-8-11-23(16-24)18-31-21(3)15-20(2)29-31/h5-12,15-16,25-26H,4,13-14,17-19H2,1-3H3,(H,28,32). The number of benzene rings is 2. The molecule has 2 atom stereocenters. The Morgan fingerprint density at radius 2 is 1.88 bits per heavy atom. The molecule has 0 spiro atoms. The Hall–Kier alpha value is -2.96. The molecule has 0 aliphatic carbocycles. The molecule has 0 radical (unpaired) electrons. The second-order valence-corrected chi connectivity index (χ2v) is 8.90. The number of ether oxygens (including phenoxy) is 1. The van der Waals surface area contributed by atoms with Crippen LogP contribution in [0.15, 0.2) is 60.7 Å². The summed E-state index contributed by atoms with van der Waals surface area (Å²) in [6.45, 7) is 10.1. The first-order valence-corrected chi connectivity index (χ1v) is 11.8. The lowest BCUT2D eigenvalue weighted by atomic mass is 10.0. The molecule has 3 aromatic rings. The van der Waals surface area contributed by atoms with Crippen molar-refractivity contribution < 1.29 is 9.53 Å². The van der Waals surface area contributed by atoms with Gasteiger partial charge in [0.1, 0.15) is 0 Å². The molecule has 1 aliphatic rings. The van der Waals surface area contributed by atoms with Gasteiger partial charge in [-0.15, -0.1) is 0 Å². The first kappa shape index (κ1) is 23.2. The van der Waals surface area contributed by atoms with E-state index < -0.39 is 0 Å². The van der Waals surface area contributed by atoms with Crippen molar-refractivity contribution in [3.63, 3.8) is 0 Å². The van der Waals surface area contributed by atoms with Gasteiger partial charge < -0.3 is 10.1 Å². The van der Waals surface area contributed by atoms with Gasteiger partial charge in [0, 0.05) is 30.9 Å². The number of carbonyl (C=O) groups is 1. The summed E-state index contributed by atoms with van der Waals surface area (Å²) < 4.78 is 8.06. The number of nitrogens with one attached hydrogen (secondary N) is 1. The van der Waals surface area contributed by atoms with Crippen LogP contribution in [0.2, 0.25) is 0 Å². The zero-order valence-corrected chi connectivity index (χ0v) is 19.8. The minimum Gasteiger partial charge on any atom is -0.373 e. The van der Waals surface area contributed by atoms with Crippen LogP contribution in [0.4, 0.5) is 0 Å². The van der Waals surface area contributed by atoms with Crippen LogP contribution < -0.4 is 5.32 Å². The quantitative estimate of drug-likeness (QED) is 0.569. The van der Waals surface area contributed by atoms with Crippen LogP contribution >= 0.6 is 0 Å². The van der Waals surface area contributed by atoms with Gasteiger partial charge in [-0.25, -0.2) is 0 Å². The van der Waals surface area contributed by atoms with Gasteiger partial charge in [0.2, 0.25) is 0 Å². The lowest BCUT2D eigenvalue weighted by Gasteiger charge is -2.37. The van der Waals surface area contributed by atoms with Gasteiger partial charge in [-0.1, -0.05) is 49.4 Å². The van der Waals surface area contributed by atoms with Crippen LogP contribution in [-0.2, 0) is 17.8 Å². The Kier molecular flexibility index (Phi) is 7.57. The number of carbonyl (C=O) groups excluding carboxylic acids is 1. The smallest absolute Gasteiger partial charge is 0.251 e. The second-order valence-electron chi connectivity index (χ2n) is 8.90. The number of aromatic nitrogens is 2. The van der Waals surface area contributed by atoms with Crippen LogP contribution in [0.25, 0.3) is 0 Å². The zero-order valence-electron chi connectivity index (χ0n) is 19.8. The summed E-state index contributed by atoms with van der Waals surface area (Å²) in [5.41, 5.74) is 5.15. The molecule has 2 unspecified atom stereocenters. The highest BCUT2D eigenvalue weighted by molar-refractivity contribution is 5.94. The third kappa shape index (κ3) is 6.09.